The zero-order chi connectivity index (χ0) is 28.4. The Hall–Kier alpha value is -3.12. The molecule has 0 aromatic carbocycles. The van der Waals surface area contributed by atoms with Crippen molar-refractivity contribution in [2.75, 3.05) is 52.7 Å². The number of carbonyl (C=O) groups excluding carboxylic acids is 4. The molecule has 2 atom stereocenters. The topological polar surface area (TPSA) is 148 Å². The number of rotatable bonds is 23. The summed E-state index contributed by atoms with van der Waals surface area (Å²) in [5.74, 6) is -1.25. The van der Waals surface area contributed by atoms with Crippen molar-refractivity contribution in [3.05, 3.63) is 25.3 Å². The van der Waals surface area contributed by atoms with Gasteiger partial charge in [-0.3, -0.25) is 0 Å². The highest BCUT2D eigenvalue weighted by atomic mass is 16.6. The molecule has 0 bridgehead atoms. The Labute approximate surface area is 225 Å². The first-order valence-corrected chi connectivity index (χ1v) is 13.0. The third-order valence-electron chi connectivity index (χ3n) is 4.74. The molecule has 0 heterocycles. The van der Waals surface area contributed by atoms with Crippen molar-refractivity contribution in [2.24, 2.45) is 0 Å². The maximum absolute atomic E-state index is 11.9. The van der Waals surface area contributed by atoms with Crippen LogP contribution < -0.4 is 10.6 Å². The van der Waals surface area contributed by atoms with Crippen LogP contribution in [0, 0.1) is 0 Å². The molecule has 0 aliphatic heterocycles. The molecular weight excluding hydrogens is 500 g/mol. The van der Waals surface area contributed by atoms with Gasteiger partial charge < -0.3 is 39.1 Å². The predicted molar refractivity (Wildman–Crippen MR) is 140 cm³/mol. The minimum Gasteiger partial charge on any atom is -0.458 e. The monoisotopic (exact) mass is 544 g/mol. The van der Waals surface area contributed by atoms with Crippen LogP contribution in [0.25, 0.3) is 0 Å². The molecule has 0 spiro atoms. The van der Waals surface area contributed by atoms with Crippen LogP contribution in [-0.2, 0) is 38.0 Å². The Kier molecular flexibility index (Phi) is 22.2. The van der Waals surface area contributed by atoms with Crippen molar-refractivity contribution in [1.29, 1.82) is 0 Å². The molecule has 0 aromatic heterocycles. The van der Waals surface area contributed by atoms with E-state index in [1.165, 1.54) is 0 Å². The van der Waals surface area contributed by atoms with Crippen molar-refractivity contribution < 1.29 is 47.6 Å². The fraction of sp³-hybridized carbons (Fsp3) is 0.692. The van der Waals surface area contributed by atoms with Gasteiger partial charge in [-0.25, -0.2) is 19.2 Å². The van der Waals surface area contributed by atoms with Gasteiger partial charge in [0.1, 0.15) is 13.2 Å². The highest BCUT2D eigenvalue weighted by molar-refractivity contribution is 5.81. The quantitative estimate of drug-likeness (QED) is 0.0851. The van der Waals surface area contributed by atoms with Gasteiger partial charge in [-0.2, -0.15) is 0 Å². The number of carbonyl (C=O) groups is 4. The number of amides is 2. The van der Waals surface area contributed by atoms with Crippen LogP contribution in [0.2, 0.25) is 0 Å². The van der Waals surface area contributed by atoms with E-state index < -0.39 is 36.3 Å². The summed E-state index contributed by atoms with van der Waals surface area (Å²) in [5.41, 5.74) is 0. The SMILES string of the molecule is C=CC(=O)OCC(COCCCCOCC(COC(=O)C=C)OC(=O)NCCCC)OC(=O)NCCCC. The van der Waals surface area contributed by atoms with E-state index in [-0.39, 0.29) is 26.4 Å². The van der Waals surface area contributed by atoms with E-state index >= 15 is 0 Å². The molecule has 2 amide bonds. The average molecular weight is 545 g/mol. The molecule has 12 heteroatoms. The molecule has 0 saturated heterocycles. The van der Waals surface area contributed by atoms with Crippen molar-refractivity contribution in [1.82, 2.24) is 10.6 Å². The highest BCUT2D eigenvalue weighted by Crippen LogP contribution is 2.02. The summed E-state index contributed by atoms with van der Waals surface area (Å²) in [6.07, 6.45) is 4.07. The molecular formula is C26H44N2O10. The molecule has 0 aliphatic rings. The molecule has 12 nitrogen and oxygen atoms in total. The molecule has 0 radical (unpaired) electrons. The minimum absolute atomic E-state index is 0.0458. The smallest absolute Gasteiger partial charge is 0.407 e. The standard InChI is InChI=1S/C26H44N2O10/c1-5-9-13-27-25(31)37-21(19-35-23(29)7-3)17-33-15-11-12-16-34-18-22(20-36-24(30)8-4)38-26(32)28-14-10-6-2/h7-8,21-22H,3-6,9-20H2,1-2H3,(H,27,31)(H,28,32). The Balaban J connectivity index is 4.33. The lowest BCUT2D eigenvalue weighted by molar-refractivity contribution is -0.142. The Morgan fingerprint density at radius 1 is 0.658 bits per heavy atom. The molecule has 0 rings (SSSR count). The second kappa shape index (κ2) is 24.2. The Morgan fingerprint density at radius 2 is 1.05 bits per heavy atom. The van der Waals surface area contributed by atoms with Crippen molar-refractivity contribution in [2.45, 2.75) is 64.6 Å². The average Bonchev–Trinajstić information content (AvgIpc) is 2.91. The Morgan fingerprint density at radius 3 is 1.39 bits per heavy atom. The van der Waals surface area contributed by atoms with Gasteiger partial charge in [0.15, 0.2) is 12.2 Å². The fourth-order valence-corrected chi connectivity index (χ4v) is 2.66. The molecule has 2 N–H and O–H groups in total. The maximum atomic E-state index is 11.9. The van der Waals surface area contributed by atoms with Gasteiger partial charge in [-0.15, -0.1) is 0 Å². The van der Waals surface area contributed by atoms with Crippen molar-refractivity contribution in [3.8, 4) is 0 Å². The number of esters is 2. The lowest BCUT2D eigenvalue weighted by Gasteiger charge is -2.19. The third-order valence-corrected chi connectivity index (χ3v) is 4.74. The first kappa shape index (κ1) is 34.9. The third kappa shape index (κ3) is 21.0. The van der Waals surface area contributed by atoms with Crippen LogP contribution in [-0.4, -0.2) is 89.1 Å². The fourth-order valence-electron chi connectivity index (χ4n) is 2.66. The second-order valence-corrected chi connectivity index (χ2v) is 8.14. The lowest BCUT2D eigenvalue weighted by atomic mass is 10.3. The molecule has 0 fully saturated rings. The van der Waals surface area contributed by atoms with Crippen molar-refractivity contribution in [3.63, 3.8) is 0 Å². The van der Waals surface area contributed by atoms with E-state index in [1.54, 1.807) is 0 Å². The predicted octanol–water partition coefficient (Wildman–Crippen LogP) is 3.05. The number of ether oxygens (including phenoxy) is 6. The number of alkyl carbamates (subject to hydrolysis) is 2. The normalized spacial score (nSPS) is 11.9. The van der Waals surface area contributed by atoms with Gasteiger partial charge in [-0.05, 0) is 25.7 Å². The summed E-state index contributed by atoms with van der Waals surface area (Å²) >= 11 is 0. The van der Waals surface area contributed by atoms with Crippen LogP contribution in [0.15, 0.2) is 25.3 Å². The summed E-state index contributed by atoms with van der Waals surface area (Å²) < 4.78 is 31.6. The molecule has 38 heavy (non-hydrogen) atoms. The van der Waals surface area contributed by atoms with Gasteiger partial charge in [0.05, 0.1) is 13.2 Å². The minimum atomic E-state index is -0.767. The number of nitrogens with one attached hydrogen (secondary N) is 2. The summed E-state index contributed by atoms with van der Waals surface area (Å²) in [7, 11) is 0. The van der Waals surface area contributed by atoms with Gasteiger partial charge >= 0.3 is 24.1 Å². The van der Waals surface area contributed by atoms with Crippen LogP contribution >= 0.6 is 0 Å². The molecule has 218 valence electrons. The molecule has 0 saturated carbocycles. The van der Waals surface area contributed by atoms with E-state index in [1.807, 2.05) is 13.8 Å². The van der Waals surface area contributed by atoms with Crippen LogP contribution in [0.1, 0.15) is 52.4 Å². The van der Waals surface area contributed by atoms with Gasteiger partial charge in [0, 0.05) is 38.5 Å². The summed E-state index contributed by atoms with van der Waals surface area (Å²) in [5, 5.41) is 5.26. The second-order valence-electron chi connectivity index (χ2n) is 8.14. The molecule has 0 aromatic rings. The number of unbranched alkanes of at least 4 members (excludes halogenated alkanes) is 3. The molecule has 0 aliphatic carbocycles. The number of hydrogen-bond donors (Lipinski definition) is 2. The molecule has 2 unspecified atom stereocenters. The Bertz CT molecular complexity index is 644. The number of hydrogen-bond acceptors (Lipinski definition) is 10. The van der Waals surface area contributed by atoms with E-state index in [4.69, 9.17) is 28.4 Å². The summed E-state index contributed by atoms with van der Waals surface area (Å²) in [6, 6.07) is 0. The van der Waals surface area contributed by atoms with E-state index in [0.29, 0.717) is 39.1 Å². The van der Waals surface area contributed by atoms with E-state index in [0.717, 1.165) is 37.8 Å². The summed E-state index contributed by atoms with van der Waals surface area (Å²) in [4.78, 5) is 46.5. The van der Waals surface area contributed by atoms with Gasteiger partial charge in [0.2, 0.25) is 0 Å². The van der Waals surface area contributed by atoms with Crippen LogP contribution in [0.3, 0.4) is 0 Å². The maximum Gasteiger partial charge on any atom is 0.407 e. The first-order valence-electron chi connectivity index (χ1n) is 13.0. The van der Waals surface area contributed by atoms with Gasteiger partial charge in [-0.1, -0.05) is 39.8 Å². The first-order chi connectivity index (χ1) is 18.4. The largest absolute Gasteiger partial charge is 0.458 e. The van der Waals surface area contributed by atoms with Crippen molar-refractivity contribution >= 4 is 24.1 Å². The highest BCUT2D eigenvalue weighted by Gasteiger charge is 2.18. The van der Waals surface area contributed by atoms with Crippen LogP contribution in [0.4, 0.5) is 9.59 Å². The lowest BCUT2D eigenvalue weighted by Crippen LogP contribution is -2.35. The zero-order valence-electron chi connectivity index (χ0n) is 22.7. The zero-order valence-corrected chi connectivity index (χ0v) is 22.7. The van der Waals surface area contributed by atoms with Crippen LogP contribution in [0.5, 0.6) is 0 Å². The van der Waals surface area contributed by atoms with E-state index in [9.17, 15) is 19.2 Å². The summed E-state index contributed by atoms with van der Waals surface area (Å²) in [6.45, 7) is 12.1. The van der Waals surface area contributed by atoms with E-state index in [2.05, 4.69) is 23.8 Å². The van der Waals surface area contributed by atoms with Gasteiger partial charge in [0.25, 0.3) is 0 Å².